The van der Waals surface area contributed by atoms with Gasteiger partial charge < -0.3 is 4.74 Å². The molecular formula is C11H12O2. The molecule has 0 amide bonds. The van der Waals surface area contributed by atoms with Crippen LogP contribution in [-0.2, 0) is 9.53 Å². The Hall–Kier alpha value is -1.83. The molecule has 68 valence electrons. The summed E-state index contributed by atoms with van der Waals surface area (Å²) in [4.78, 5) is 9.11. The molecule has 0 aliphatic carbocycles. The lowest BCUT2D eigenvalue weighted by molar-refractivity contribution is -0.123. The van der Waals surface area contributed by atoms with Crippen molar-refractivity contribution in [2.24, 2.45) is 0 Å². The molecule has 0 spiro atoms. The Labute approximate surface area is 78.2 Å². The highest BCUT2D eigenvalue weighted by Crippen LogP contribution is 1.97. The van der Waals surface area contributed by atoms with Crippen LogP contribution >= 0.6 is 0 Å². The van der Waals surface area contributed by atoms with E-state index in [-0.39, 0.29) is 0 Å². The van der Waals surface area contributed by atoms with Gasteiger partial charge >= 0.3 is 0 Å². The van der Waals surface area contributed by atoms with Gasteiger partial charge in [-0.3, -0.25) is 4.79 Å². The molecule has 0 aliphatic heterocycles. The molecule has 1 aromatic carbocycles. The summed E-state index contributed by atoms with van der Waals surface area (Å²) in [6.07, 6.45) is 2.90. The Balaban J connectivity index is 0.000000252. The zero-order valence-corrected chi connectivity index (χ0v) is 7.35. The fourth-order valence-corrected chi connectivity index (χ4v) is 0.628. The Kier molecular flexibility index (Phi) is 7.10. The first-order valence-electron chi connectivity index (χ1n) is 3.72. The van der Waals surface area contributed by atoms with Gasteiger partial charge in [0, 0.05) is 0 Å². The molecule has 0 aromatic heterocycles. The van der Waals surface area contributed by atoms with Crippen LogP contribution in [-0.4, -0.2) is 6.47 Å². The SMILES string of the molecule is C=COC=O.C=Cc1ccccc1. The van der Waals surface area contributed by atoms with Crippen LogP contribution in [0.2, 0.25) is 0 Å². The fraction of sp³-hybridized carbons (Fsp3) is 0. The van der Waals surface area contributed by atoms with Gasteiger partial charge in [-0.2, -0.15) is 0 Å². The molecule has 0 saturated carbocycles. The normalized spacial score (nSPS) is 7.38. The molecule has 0 atom stereocenters. The van der Waals surface area contributed by atoms with E-state index in [2.05, 4.69) is 17.9 Å². The Morgan fingerprint density at radius 3 is 2.00 bits per heavy atom. The molecule has 2 heteroatoms. The van der Waals surface area contributed by atoms with Crippen LogP contribution in [0.4, 0.5) is 0 Å². The van der Waals surface area contributed by atoms with Crippen LogP contribution in [0.25, 0.3) is 6.08 Å². The molecule has 0 unspecified atom stereocenters. The maximum atomic E-state index is 9.11. The van der Waals surface area contributed by atoms with Crippen LogP contribution in [0.5, 0.6) is 0 Å². The van der Waals surface area contributed by atoms with Crippen molar-refractivity contribution in [1.82, 2.24) is 0 Å². The van der Waals surface area contributed by atoms with E-state index in [1.807, 2.05) is 36.4 Å². The van der Waals surface area contributed by atoms with Crippen molar-refractivity contribution in [3.8, 4) is 0 Å². The third kappa shape index (κ3) is 6.56. The largest absolute Gasteiger partial charge is 0.437 e. The van der Waals surface area contributed by atoms with Crippen LogP contribution in [0.3, 0.4) is 0 Å². The van der Waals surface area contributed by atoms with Gasteiger partial charge in [0.25, 0.3) is 6.47 Å². The second-order valence-electron chi connectivity index (χ2n) is 2.01. The fourth-order valence-electron chi connectivity index (χ4n) is 0.628. The molecule has 0 aliphatic rings. The number of carbonyl (C=O) groups is 1. The Morgan fingerprint density at radius 2 is 1.77 bits per heavy atom. The molecule has 0 saturated heterocycles. The lowest BCUT2D eigenvalue weighted by Crippen LogP contribution is -1.66. The van der Waals surface area contributed by atoms with E-state index in [1.165, 1.54) is 5.56 Å². The third-order valence-corrected chi connectivity index (χ3v) is 1.19. The highest BCUT2D eigenvalue weighted by molar-refractivity contribution is 5.45. The summed E-state index contributed by atoms with van der Waals surface area (Å²) < 4.78 is 3.92. The molecule has 0 radical (unpaired) electrons. The van der Waals surface area contributed by atoms with E-state index >= 15 is 0 Å². The van der Waals surface area contributed by atoms with Gasteiger partial charge in [-0.15, -0.1) is 0 Å². The first-order chi connectivity index (χ1) is 6.35. The Morgan fingerprint density at radius 1 is 1.15 bits per heavy atom. The summed E-state index contributed by atoms with van der Waals surface area (Å²) in [5.74, 6) is 0. The zero-order chi connectivity index (χ0) is 9.94. The van der Waals surface area contributed by atoms with E-state index in [0.29, 0.717) is 6.47 Å². The van der Waals surface area contributed by atoms with E-state index in [1.54, 1.807) is 0 Å². The van der Waals surface area contributed by atoms with Gasteiger partial charge in [-0.1, -0.05) is 49.6 Å². The van der Waals surface area contributed by atoms with Crippen LogP contribution in [0.15, 0.2) is 49.8 Å². The van der Waals surface area contributed by atoms with Crippen LogP contribution in [0, 0.1) is 0 Å². The minimum absolute atomic E-state index is 0.312. The summed E-state index contributed by atoms with van der Waals surface area (Å²) >= 11 is 0. The highest BCUT2D eigenvalue weighted by Gasteiger charge is 1.75. The summed E-state index contributed by atoms with van der Waals surface area (Å²) in [5.41, 5.74) is 1.17. The second-order valence-corrected chi connectivity index (χ2v) is 2.01. The van der Waals surface area contributed by atoms with Crippen molar-refractivity contribution < 1.29 is 9.53 Å². The number of ether oxygens (including phenoxy) is 1. The highest BCUT2D eigenvalue weighted by atomic mass is 16.5. The average Bonchev–Trinajstić information content (AvgIpc) is 2.21. The van der Waals surface area contributed by atoms with Crippen molar-refractivity contribution in [2.75, 3.05) is 0 Å². The van der Waals surface area contributed by atoms with E-state index in [4.69, 9.17) is 4.79 Å². The molecule has 0 heterocycles. The molecule has 1 rings (SSSR count). The maximum absolute atomic E-state index is 9.11. The first kappa shape index (κ1) is 11.2. The predicted octanol–water partition coefficient (Wildman–Crippen LogP) is 2.63. The summed E-state index contributed by atoms with van der Waals surface area (Å²) in [6, 6.07) is 10.0. The molecule has 2 nitrogen and oxygen atoms in total. The minimum Gasteiger partial charge on any atom is -0.437 e. The van der Waals surface area contributed by atoms with E-state index < -0.39 is 0 Å². The van der Waals surface area contributed by atoms with E-state index in [0.717, 1.165) is 6.26 Å². The minimum atomic E-state index is 0.312. The first-order valence-corrected chi connectivity index (χ1v) is 3.72. The molecule has 13 heavy (non-hydrogen) atoms. The summed E-state index contributed by atoms with van der Waals surface area (Å²) in [6.45, 7) is 7.04. The van der Waals surface area contributed by atoms with Gasteiger partial charge in [-0.25, -0.2) is 0 Å². The number of hydrogen-bond acceptors (Lipinski definition) is 2. The van der Waals surface area contributed by atoms with Gasteiger partial charge in [-0.05, 0) is 5.56 Å². The molecule has 1 aromatic rings. The number of hydrogen-bond donors (Lipinski definition) is 0. The lowest BCUT2D eigenvalue weighted by atomic mass is 10.2. The number of benzene rings is 1. The number of carbonyl (C=O) groups excluding carboxylic acids is 1. The standard InChI is InChI=1S/C8H8.C3H4O2/c1-2-8-6-4-3-5-7-8;1-2-5-3-4/h2-7H,1H2;2-3H,1H2. The Bertz CT molecular complexity index is 246. The lowest BCUT2D eigenvalue weighted by Gasteiger charge is -1.85. The van der Waals surface area contributed by atoms with Gasteiger partial charge in [0.1, 0.15) is 0 Å². The van der Waals surface area contributed by atoms with Crippen molar-refractivity contribution in [3.63, 3.8) is 0 Å². The molecular weight excluding hydrogens is 164 g/mol. The van der Waals surface area contributed by atoms with Gasteiger partial charge in [0.15, 0.2) is 0 Å². The molecule has 0 fully saturated rings. The smallest absolute Gasteiger partial charge is 0.297 e. The summed E-state index contributed by atoms with van der Waals surface area (Å²) in [5, 5.41) is 0. The van der Waals surface area contributed by atoms with Crippen molar-refractivity contribution >= 4 is 12.5 Å². The van der Waals surface area contributed by atoms with E-state index in [9.17, 15) is 0 Å². The monoisotopic (exact) mass is 176 g/mol. The zero-order valence-electron chi connectivity index (χ0n) is 7.35. The average molecular weight is 176 g/mol. The number of rotatable bonds is 3. The van der Waals surface area contributed by atoms with Crippen LogP contribution < -0.4 is 0 Å². The third-order valence-electron chi connectivity index (χ3n) is 1.19. The second kappa shape index (κ2) is 8.27. The van der Waals surface area contributed by atoms with Crippen LogP contribution in [0.1, 0.15) is 5.56 Å². The summed E-state index contributed by atoms with van der Waals surface area (Å²) in [7, 11) is 0. The topological polar surface area (TPSA) is 26.3 Å². The van der Waals surface area contributed by atoms with Crippen molar-refractivity contribution in [2.45, 2.75) is 0 Å². The van der Waals surface area contributed by atoms with Crippen molar-refractivity contribution in [3.05, 3.63) is 55.3 Å². The molecule has 0 N–H and O–H groups in total. The molecule has 0 bridgehead atoms. The predicted molar refractivity (Wildman–Crippen MR) is 53.9 cm³/mol. The van der Waals surface area contributed by atoms with Crippen molar-refractivity contribution in [1.29, 1.82) is 0 Å². The maximum Gasteiger partial charge on any atom is 0.297 e. The quantitative estimate of drug-likeness (QED) is 0.522. The van der Waals surface area contributed by atoms with Gasteiger partial charge in [0.05, 0.1) is 6.26 Å². The van der Waals surface area contributed by atoms with Gasteiger partial charge in [0.2, 0.25) is 0 Å².